The van der Waals surface area contributed by atoms with Crippen LogP contribution in [0, 0.1) is 16.6 Å². The first-order valence-corrected chi connectivity index (χ1v) is 11.6. The minimum Gasteiger partial charge on any atom is -0.383 e. The number of nitrogens with zero attached hydrogens (tertiary/aromatic N) is 3. The number of aliphatic imine (C=N–C) groups is 1. The van der Waals surface area contributed by atoms with Gasteiger partial charge in [0.25, 0.3) is 0 Å². The third-order valence-electron chi connectivity index (χ3n) is 5.72. The van der Waals surface area contributed by atoms with Crippen LogP contribution in [0.3, 0.4) is 0 Å². The Morgan fingerprint density at radius 3 is 2.65 bits per heavy atom. The predicted octanol–water partition coefficient (Wildman–Crippen LogP) is 3.94. The number of nitrogens with two attached hydrogens (primary N) is 1. The molecule has 0 fully saturated rings. The van der Waals surface area contributed by atoms with Gasteiger partial charge in [-0.25, -0.2) is 9.38 Å². The van der Waals surface area contributed by atoms with Crippen LogP contribution in [0.15, 0.2) is 65.8 Å². The molecule has 2 aromatic carbocycles. The minimum atomic E-state index is -1.09. The maximum Gasteiger partial charge on any atom is 0.250 e. The molecular formula is C26H27ClFN7O2. The standard InChI is InChI=1S/C26H27ClFN7O2/c1-32-24(18-8-6-16(12-21(18)28)22-5-3-4-10-33-22)26(36)35(15-30)23(13-37-2)17-7-9-20(27)19(11-17)25(31)34-14-29/h3-12,14-15,23-24,30,32H,13H2,1-2H3,(H3,29,31,34). The van der Waals surface area contributed by atoms with E-state index >= 15 is 4.39 Å². The van der Waals surface area contributed by atoms with E-state index in [9.17, 15) is 4.79 Å². The third-order valence-corrected chi connectivity index (χ3v) is 6.05. The van der Waals surface area contributed by atoms with Crippen LogP contribution in [0.5, 0.6) is 0 Å². The van der Waals surface area contributed by atoms with Gasteiger partial charge >= 0.3 is 0 Å². The topological polar surface area (TPSA) is 141 Å². The van der Waals surface area contributed by atoms with Gasteiger partial charge in [-0.05, 0) is 42.9 Å². The Morgan fingerprint density at radius 1 is 1.27 bits per heavy atom. The SMILES string of the molecule is CNC(C(=O)N(C=N)C(COC)c1ccc(Cl)c(C(N)=NC=N)c1)c1ccc(-c2ccccn2)cc1F. The fraction of sp³-hybridized carbons (Fsp3) is 0.192. The lowest BCUT2D eigenvalue weighted by Crippen LogP contribution is -2.42. The highest BCUT2D eigenvalue weighted by molar-refractivity contribution is 6.34. The highest BCUT2D eigenvalue weighted by Crippen LogP contribution is 2.30. The Bertz CT molecular complexity index is 1300. The highest BCUT2D eigenvalue weighted by Gasteiger charge is 2.32. The number of amidine groups is 1. The van der Waals surface area contributed by atoms with Gasteiger partial charge in [-0.1, -0.05) is 35.9 Å². The number of ether oxygens (including phenoxy) is 1. The van der Waals surface area contributed by atoms with Crippen molar-refractivity contribution in [1.29, 1.82) is 10.8 Å². The molecule has 9 nitrogen and oxygen atoms in total. The van der Waals surface area contributed by atoms with E-state index < -0.39 is 23.8 Å². The monoisotopic (exact) mass is 523 g/mol. The van der Waals surface area contributed by atoms with Gasteiger partial charge in [0, 0.05) is 30.0 Å². The summed E-state index contributed by atoms with van der Waals surface area (Å²) in [5, 5.41) is 18.3. The van der Waals surface area contributed by atoms with E-state index in [1.54, 1.807) is 48.7 Å². The number of halogens is 2. The summed E-state index contributed by atoms with van der Waals surface area (Å²) in [6, 6.07) is 12.9. The lowest BCUT2D eigenvalue weighted by Gasteiger charge is -2.31. The van der Waals surface area contributed by atoms with Crippen molar-refractivity contribution in [3.8, 4) is 11.3 Å². The molecular weight excluding hydrogens is 497 g/mol. The molecule has 0 aliphatic carbocycles. The summed E-state index contributed by atoms with van der Waals surface area (Å²) >= 11 is 6.26. The summed E-state index contributed by atoms with van der Waals surface area (Å²) in [6.45, 7) is 0.0291. The second-order valence-corrected chi connectivity index (χ2v) is 8.31. The zero-order valence-electron chi connectivity index (χ0n) is 20.3. The first kappa shape index (κ1) is 27.6. The summed E-state index contributed by atoms with van der Waals surface area (Å²) in [6.07, 6.45) is 3.29. The number of carbonyl (C=O) groups excluding carboxylic acids is 1. The zero-order chi connectivity index (χ0) is 26.9. The minimum absolute atomic E-state index is 0.0221. The summed E-state index contributed by atoms with van der Waals surface area (Å²) in [4.78, 5) is 22.8. The van der Waals surface area contributed by atoms with Crippen LogP contribution in [-0.2, 0) is 9.53 Å². The van der Waals surface area contributed by atoms with Gasteiger partial charge in [0.2, 0.25) is 5.91 Å². The third kappa shape index (κ3) is 6.23. The lowest BCUT2D eigenvalue weighted by molar-refractivity contribution is -0.132. The van der Waals surface area contributed by atoms with Crippen molar-refractivity contribution in [2.75, 3.05) is 20.8 Å². The number of benzene rings is 2. The van der Waals surface area contributed by atoms with Crippen LogP contribution in [0.25, 0.3) is 11.3 Å². The Balaban J connectivity index is 1.99. The van der Waals surface area contributed by atoms with Crippen LogP contribution >= 0.6 is 11.6 Å². The van der Waals surface area contributed by atoms with E-state index in [0.717, 1.165) is 17.6 Å². The molecule has 0 radical (unpaired) electrons. The molecule has 1 aromatic heterocycles. The van der Waals surface area contributed by atoms with Crippen LogP contribution < -0.4 is 11.1 Å². The number of hydrogen-bond donors (Lipinski definition) is 4. The molecule has 2 unspecified atom stereocenters. The van der Waals surface area contributed by atoms with Crippen molar-refractivity contribution in [2.45, 2.75) is 12.1 Å². The van der Waals surface area contributed by atoms with Crippen LogP contribution in [0.4, 0.5) is 4.39 Å². The molecule has 37 heavy (non-hydrogen) atoms. The normalized spacial score (nSPS) is 13.0. The summed E-state index contributed by atoms with van der Waals surface area (Å²) in [7, 11) is 3.00. The Hall–Kier alpha value is -3.99. The van der Waals surface area contributed by atoms with E-state index in [2.05, 4.69) is 15.3 Å². The average molecular weight is 524 g/mol. The molecule has 1 heterocycles. The van der Waals surface area contributed by atoms with Crippen LogP contribution in [-0.4, -0.2) is 55.1 Å². The number of pyridine rings is 1. The number of amides is 1. The fourth-order valence-corrected chi connectivity index (χ4v) is 4.12. The number of carbonyl (C=O) groups is 1. The number of aromatic nitrogens is 1. The molecule has 5 N–H and O–H groups in total. The molecule has 3 rings (SSSR count). The molecule has 0 aliphatic heterocycles. The van der Waals surface area contributed by atoms with E-state index in [4.69, 9.17) is 32.9 Å². The number of likely N-dealkylation sites (N-methyl/N-ethyl adjacent to an activating group) is 1. The fourth-order valence-electron chi connectivity index (χ4n) is 3.90. The van der Waals surface area contributed by atoms with Gasteiger partial charge in [-0.3, -0.25) is 25.5 Å². The summed E-state index contributed by atoms with van der Waals surface area (Å²) in [5.41, 5.74) is 8.15. The smallest absolute Gasteiger partial charge is 0.250 e. The summed E-state index contributed by atoms with van der Waals surface area (Å²) in [5.74, 6) is -1.14. The second-order valence-electron chi connectivity index (χ2n) is 7.90. The van der Waals surface area contributed by atoms with E-state index in [0.29, 0.717) is 27.4 Å². The van der Waals surface area contributed by atoms with Crippen molar-refractivity contribution in [1.82, 2.24) is 15.2 Å². The molecule has 0 bridgehead atoms. The maximum atomic E-state index is 15.3. The van der Waals surface area contributed by atoms with Crippen molar-refractivity contribution < 1.29 is 13.9 Å². The Morgan fingerprint density at radius 2 is 2.05 bits per heavy atom. The van der Waals surface area contributed by atoms with E-state index in [-0.39, 0.29) is 18.0 Å². The molecule has 0 spiro atoms. The van der Waals surface area contributed by atoms with Crippen LogP contribution in [0.1, 0.15) is 28.8 Å². The van der Waals surface area contributed by atoms with E-state index in [1.165, 1.54) is 26.3 Å². The van der Waals surface area contributed by atoms with Crippen molar-refractivity contribution >= 4 is 36.0 Å². The lowest BCUT2D eigenvalue weighted by atomic mass is 9.98. The van der Waals surface area contributed by atoms with Crippen molar-refractivity contribution in [3.05, 3.63) is 88.3 Å². The van der Waals surface area contributed by atoms with Crippen LogP contribution in [0.2, 0.25) is 5.02 Å². The van der Waals surface area contributed by atoms with Gasteiger partial charge in [0.05, 0.1) is 29.7 Å². The second kappa shape index (κ2) is 12.8. The quantitative estimate of drug-likeness (QED) is 0.222. The molecule has 2 atom stereocenters. The molecule has 192 valence electrons. The van der Waals surface area contributed by atoms with Gasteiger partial charge in [-0.15, -0.1) is 0 Å². The van der Waals surface area contributed by atoms with Gasteiger partial charge in [0.1, 0.15) is 24.0 Å². The van der Waals surface area contributed by atoms with E-state index in [1.807, 2.05) is 0 Å². The van der Waals surface area contributed by atoms with Gasteiger partial charge in [0.15, 0.2) is 0 Å². The van der Waals surface area contributed by atoms with Crippen molar-refractivity contribution in [3.63, 3.8) is 0 Å². The summed E-state index contributed by atoms with van der Waals surface area (Å²) < 4.78 is 20.6. The molecule has 0 saturated carbocycles. The first-order chi connectivity index (χ1) is 17.9. The van der Waals surface area contributed by atoms with Gasteiger partial charge in [-0.2, -0.15) is 0 Å². The molecule has 1 amide bonds. The first-order valence-electron chi connectivity index (χ1n) is 11.2. The Labute approximate surface area is 219 Å². The molecule has 11 heteroatoms. The Kier molecular flexibility index (Phi) is 9.56. The zero-order valence-corrected chi connectivity index (χ0v) is 21.0. The molecule has 0 aliphatic rings. The van der Waals surface area contributed by atoms with Gasteiger partial charge < -0.3 is 15.8 Å². The number of rotatable bonds is 11. The maximum absolute atomic E-state index is 15.3. The number of methoxy groups -OCH3 is 1. The van der Waals surface area contributed by atoms with Crippen molar-refractivity contribution in [2.24, 2.45) is 10.7 Å². The molecule has 0 saturated heterocycles. The number of nitrogens with one attached hydrogen (secondary N) is 3. The largest absolute Gasteiger partial charge is 0.383 e. The number of hydrogen-bond acceptors (Lipinski definition) is 6. The predicted molar refractivity (Wildman–Crippen MR) is 143 cm³/mol. The highest BCUT2D eigenvalue weighted by atomic mass is 35.5. The molecule has 3 aromatic rings. The average Bonchev–Trinajstić information content (AvgIpc) is 2.91.